The second-order valence-electron chi connectivity index (χ2n) is 7.90. The average Bonchev–Trinajstić information content (AvgIpc) is 3.14. The molecule has 2 fully saturated rings. The molecule has 4 nitrogen and oxygen atoms in total. The van der Waals surface area contributed by atoms with Gasteiger partial charge in [-0.1, -0.05) is 6.92 Å². The smallest absolute Gasteiger partial charge is 0.146 e. The molecule has 1 saturated carbocycles. The quantitative estimate of drug-likeness (QED) is 0.912. The van der Waals surface area contributed by atoms with E-state index in [9.17, 15) is 0 Å². The molecule has 0 atom stereocenters. The molecule has 0 radical (unpaired) electrons. The molecule has 0 unspecified atom stereocenters. The Morgan fingerprint density at radius 2 is 1.96 bits per heavy atom. The summed E-state index contributed by atoms with van der Waals surface area (Å²) in [6.07, 6.45) is 8.94. The van der Waals surface area contributed by atoms with Crippen LogP contribution in [0.5, 0.6) is 0 Å². The summed E-state index contributed by atoms with van der Waals surface area (Å²) >= 11 is 1.92. The lowest BCUT2D eigenvalue weighted by Gasteiger charge is -2.29. The summed E-state index contributed by atoms with van der Waals surface area (Å²) in [5.41, 5.74) is 1.54. The molecule has 2 aromatic heterocycles. The van der Waals surface area contributed by atoms with Crippen molar-refractivity contribution >= 4 is 27.4 Å². The fraction of sp³-hybridized carbons (Fsp3) is 0.684. The molecule has 5 rings (SSSR count). The average molecular weight is 343 g/mol. The van der Waals surface area contributed by atoms with Crippen molar-refractivity contribution in [1.29, 1.82) is 0 Å². The molecule has 5 heteroatoms. The predicted molar refractivity (Wildman–Crippen MR) is 99.8 cm³/mol. The van der Waals surface area contributed by atoms with Gasteiger partial charge in [0.2, 0.25) is 0 Å². The van der Waals surface area contributed by atoms with E-state index in [-0.39, 0.29) is 0 Å². The molecule has 0 spiro atoms. The zero-order valence-electron chi connectivity index (χ0n) is 14.5. The van der Waals surface area contributed by atoms with Gasteiger partial charge in [0.1, 0.15) is 16.5 Å². The summed E-state index contributed by atoms with van der Waals surface area (Å²) in [4.78, 5) is 15.3. The number of aromatic nitrogens is 2. The maximum Gasteiger partial charge on any atom is 0.146 e. The van der Waals surface area contributed by atoms with Crippen molar-refractivity contribution in [3.63, 3.8) is 0 Å². The van der Waals surface area contributed by atoms with E-state index >= 15 is 0 Å². The third-order valence-electron chi connectivity index (χ3n) is 5.77. The molecule has 1 N–H and O–H groups in total. The first-order chi connectivity index (χ1) is 11.8. The predicted octanol–water partition coefficient (Wildman–Crippen LogP) is 3.99. The standard InChI is InChI=1S/C19H26N4S/c1-12-7-9-23(10-8-12)11-16-21-18(20-13-5-6-13)17-14-3-2-4-15(14)24-19(17)22-16/h12-13H,2-11H2,1H3,(H,20,21,22). The Balaban J connectivity index is 1.48. The number of nitrogens with one attached hydrogen (secondary N) is 1. The van der Waals surface area contributed by atoms with Crippen molar-refractivity contribution in [3.8, 4) is 0 Å². The van der Waals surface area contributed by atoms with E-state index in [1.807, 2.05) is 11.3 Å². The molecule has 1 saturated heterocycles. The largest absolute Gasteiger partial charge is 0.367 e. The molecule has 24 heavy (non-hydrogen) atoms. The zero-order valence-corrected chi connectivity index (χ0v) is 15.3. The van der Waals surface area contributed by atoms with E-state index in [4.69, 9.17) is 9.97 Å². The minimum Gasteiger partial charge on any atom is -0.367 e. The van der Waals surface area contributed by atoms with Crippen molar-refractivity contribution in [1.82, 2.24) is 14.9 Å². The van der Waals surface area contributed by atoms with Crippen LogP contribution in [0.25, 0.3) is 10.2 Å². The van der Waals surface area contributed by atoms with Crippen LogP contribution in [0.1, 0.15) is 55.3 Å². The van der Waals surface area contributed by atoms with E-state index in [1.54, 1.807) is 4.88 Å². The van der Waals surface area contributed by atoms with Crippen molar-refractivity contribution in [2.45, 2.75) is 64.5 Å². The molecule has 3 heterocycles. The SMILES string of the molecule is CC1CCN(Cc2nc(NC3CC3)c3c4c(sc3n2)CCC4)CC1. The van der Waals surface area contributed by atoms with Gasteiger partial charge in [-0.2, -0.15) is 0 Å². The second-order valence-corrected chi connectivity index (χ2v) is 8.99. The lowest BCUT2D eigenvalue weighted by molar-refractivity contribution is 0.181. The highest BCUT2D eigenvalue weighted by Crippen LogP contribution is 2.40. The fourth-order valence-corrected chi connectivity index (χ4v) is 5.34. The van der Waals surface area contributed by atoms with Gasteiger partial charge in [0.25, 0.3) is 0 Å². The fourth-order valence-electron chi connectivity index (χ4n) is 4.06. The van der Waals surface area contributed by atoms with Gasteiger partial charge >= 0.3 is 0 Å². The Morgan fingerprint density at radius 1 is 1.12 bits per heavy atom. The van der Waals surface area contributed by atoms with Crippen LogP contribution < -0.4 is 5.32 Å². The number of hydrogen-bond donors (Lipinski definition) is 1. The normalized spacial score (nSPS) is 22.2. The zero-order chi connectivity index (χ0) is 16.1. The van der Waals surface area contributed by atoms with E-state index in [2.05, 4.69) is 17.1 Å². The molecule has 0 aromatic carbocycles. The molecule has 2 aliphatic carbocycles. The number of anilines is 1. The van der Waals surface area contributed by atoms with Gasteiger partial charge in [-0.15, -0.1) is 11.3 Å². The summed E-state index contributed by atoms with van der Waals surface area (Å²) in [6.45, 7) is 5.65. The first kappa shape index (κ1) is 15.1. The van der Waals surface area contributed by atoms with E-state index in [0.717, 1.165) is 24.1 Å². The Kier molecular flexibility index (Phi) is 3.74. The Bertz CT molecular complexity index is 756. The summed E-state index contributed by atoms with van der Waals surface area (Å²) in [7, 11) is 0. The number of piperidine rings is 1. The summed E-state index contributed by atoms with van der Waals surface area (Å²) < 4.78 is 0. The Hall–Kier alpha value is -1.20. The van der Waals surface area contributed by atoms with Crippen LogP contribution in [0.15, 0.2) is 0 Å². The molecule has 0 amide bonds. The van der Waals surface area contributed by atoms with Gasteiger partial charge in [-0.05, 0) is 69.5 Å². The highest BCUT2D eigenvalue weighted by Gasteiger charge is 2.27. The van der Waals surface area contributed by atoms with Crippen LogP contribution in [0, 0.1) is 5.92 Å². The van der Waals surface area contributed by atoms with E-state index in [1.165, 1.54) is 73.8 Å². The Morgan fingerprint density at radius 3 is 2.75 bits per heavy atom. The van der Waals surface area contributed by atoms with Gasteiger partial charge < -0.3 is 5.32 Å². The molecule has 128 valence electrons. The van der Waals surface area contributed by atoms with Crippen LogP contribution >= 0.6 is 11.3 Å². The summed E-state index contributed by atoms with van der Waals surface area (Å²) in [6, 6.07) is 0.642. The van der Waals surface area contributed by atoms with E-state index in [0.29, 0.717) is 6.04 Å². The molecule has 3 aliphatic rings. The van der Waals surface area contributed by atoms with Gasteiger partial charge in [0.15, 0.2) is 0 Å². The number of rotatable bonds is 4. The first-order valence-electron chi connectivity index (χ1n) is 9.56. The van der Waals surface area contributed by atoms with E-state index < -0.39 is 0 Å². The highest BCUT2D eigenvalue weighted by molar-refractivity contribution is 7.19. The monoisotopic (exact) mass is 342 g/mol. The van der Waals surface area contributed by atoms with Crippen molar-refractivity contribution in [2.24, 2.45) is 5.92 Å². The first-order valence-corrected chi connectivity index (χ1v) is 10.4. The second kappa shape index (κ2) is 5.95. The number of aryl methyl sites for hydroxylation is 2. The van der Waals surface area contributed by atoms with Gasteiger partial charge in [0.05, 0.1) is 11.9 Å². The molecule has 0 bridgehead atoms. The lowest BCUT2D eigenvalue weighted by atomic mass is 9.99. The minimum absolute atomic E-state index is 0.642. The summed E-state index contributed by atoms with van der Waals surface area (Å²) in [5.74, 6) is 3.01. The molecule has 2 aromatic rings. The van der Waals surface area contributed by atoms with Gasteiger partial charge in [-0.3, -0.25) is 4.90 Å². The minimum atomic E-state index is 0.642. The van der Waals surface area contributed by atoms with Gasteiger partial charge in [0, 0.05) is 10.9 Å². The van der Waals surface area contributed by atoms with Gasteiger partial charge in [-0.25, -0.2) is 9.97 Å². The van der Waals surface area contributed by atoms with Crippen LogP contribution in [-0.2, 0) is 19.4 Å². The van der Waals surface area contributed by atoms with Crippen LogP contribution in [-0.4, -0.2) is 34.0 Å². The molecule has 1 aliphatic heterocycles. The third kappa shape index (κ3) is 2.82. The van der Waals surface area contributed by atoms with Crippen LogP contribution in [0.3, 0.4) is 0 Å². The maximum atomic E-state index is 4.99. The molecular weight excluding hydrogens is 316 g/mol. The number of nitrogens with zero attached hydrogens (tertiary/aromatic N) is 3. The van der Waals surface area contributed by atoms with Crippen LogP contribution in [0.4, 0.5) is 5.82 Å². The highest BCUT2D eigenvalue weighted by atomic mass is 32.1. The van der Waals surface area contributed by atoms with Crippen molar-refractivity contribution in [3.05, 3.63) is 16.3 Å². The van der Waals surface area contributed by atoms with Crippen molar-refractivity contribution in [2.75, 3.05) is 18.4 Å². The van der Waals surface area contributed by atoms with Crippen molar-refractivity contribution < 1.29 is 0 Å². The lowest BCUT2D eigenvalue weighted by Crippen LogP contribution is -2.33. The van der Waals surface area contributed by atoms with Crippen LogP contribution in [0.2, 0.25) is 0 Å². The Labute approximate surface area is 147 Å². The number of thiophene rings is 1. The topological polar surface area (TPSA) is 41.1 Å². The summed E-state index contributed by atoms with van der Waals surface area (Å²) in [5, 5.41) is 5.04. The molecular formula is C19H26N4S. The maximum absolute atomic E-state index is 4.99. The number of fused-ring (bicyclic) bond motifs is 3. The number of hydrogen-bond acceptors (Lipinski definition) is 5. The third-order valence-corrected chi connectivity index (χ3v) is 6.96. The number of likely N-dealkylation sites (tertiary alicyclic amines) is 1.